The summed E-state index contributed by atoms with van der Waals surface area (Å²) in [4.78, 5) is 8.90. The molecule has 1 aliphatic rings. The molecule has 1 aliphatic heterocycles. The Balaban J connectivity index is 0.000000246. The Morgan fingerprint density at radius 3 is 2.60 bits per heavy atom. The second-order valence-corrected chi connectivity index (χ2v) is 4.21. The van der Waals surface area contributed by atoms with Gasteiger partial charge in [0.15, 0.2) is 0 Å². The minimum Gasteiger partial charge on any atom is -0.492 e. The molecule has 1 aromatic carbocycles. The van der Waals surface area contributed by atoms with Crippen molar-refractivity contribution in [2.24, 2.45) is 0 Å². The minimum atomic E-state index is -5.08. The van der Waals surface area contributed by atoms with Crippen LogP contribution in [-0.4, -0.2) is 29.9 Å². The highest BCUT2D eigenvalue weighted by atomic mass is 19.4. The molecule has 0 saturated carbocycles. The van der Waals surface area contributed by atoms with Crippen LogP contribution in [0.2, 0.25) is 0 Å². The maximum absolute atomic E-state index is 10.6. The second-order valence-electron chi connectivity index (χ2n) is 4.21. The number of carboxylic acids is 1. The van der Waals surface area contributed by atoms with Gasteiger partial charge < -0.3 is 15.2 Å². The van der Waals surface area contributed by atoms with Crippen LogP contribution in [0.1, 0.15) is 18.9 Å². The van der Waals surface area contributed by atoms with Crippen molar-refractivity contribution in [1.82, 2.24) is 5.32 Å². The van der Waals surface area contributed by atoms with E-state index in [9.17, 15) is 13.2 Å². The predicted octanol–water partition coefficient (Wildman–Crippen LogP) is 2.58. The third-order valence-electron chi connectivity index (χ3n) is 2.73. The molecular weight excluding hydrogens is 275 g/mol. The molecule has 1 unspecified atom stereocenters. The van der Waals surface area contributed by atoms with Crippen molar-refractivity contribution < 1.29 is 27.8 Å². The second kappa shape index (κ2) is 7.14. The largest absolute Gasteiger partial charge is 0.492 e. The van der Waals surface area contributed by atoms with E-state index in [-0.39, 0.29) is 0 Å². The first-order valence-corrected chi connectivity index (χ1v) is 6.08. The van der Waals surface area contributed by atoms with Crippen LogP contribution in [0.3, 0.4) is 0 Å². The Kier molecular flexibility index (Phi) is 5.82. The van der Waals surface area contributed by atoms with Gasteiger partial charge in [-0.1, -0.05) is 25.1 Å². The van der Waals surface area contributed by atoms with Crippen LogP contribution < -0.4 is 10.1 Å². The number of para-hydroxylation sites is 1. The van der Waals surface area contributed by atoms with Crippen LogP contribution in [0.15, 0.2) is 24.3 Å². The molecule has 0 fully saturated rings. The summed E-state index contributed by atoms with van der Waals surface area (Å²) in [5.41, 5.74) is 1.26. The molecule has 20 heavy (non-hydrogen) atoms. The van der Waals surface area contributed by atoms with Crippen LogP contribution in [0.25, 0.3) is 0 Å². The molecule has 0 aromatic heterocycles. The number of halogens is 3. The number of hydrogen-bond donors (Lipinski definition) is 2. The van der Waals surface area contributed by atoms with E-state index < -0.39 is 12.1 Å². The zero-order chi connectivity index (χ0) is 15.2. The maximum Gasteiger partial charge on any atom is 0.490 e. The highest BCUT2D eigenvalue weighted by Crippen LogP contribution is 2.20. The molecule has 7 heteroatoms. The van der Waals surface area contributed by atoms with Gasteiger partial charge in [-0.2, -0.15) is 13.2 Å². The summed E-state index contributed by atoms with van der Waals surface area (Å²) in [7, 11) is 0. The Bertz CT molecular complexity index is 422. The first-order chi connectivity index (χ1) is 9.34. The first kappa shape index (κ1) is 16.3. The summed E-state index contributed by atoms with van der Waals surface area (Å²) in [5, 5.41) is 10.6. The number of alkyl halides is 3. The fourth-order valence-electron chi connectivity index (χ4n) is 1.56. The average molecular weight is 291 g/mol. The van der Waals surface area contributed by atoms with E-state index >= 15 is 0 Å². The van der Waals surface area contributed by atoms with E-state index in [4.69, 9.17) is 14.6 Å². The number of fused-ring (bicyclic) bond motifs is 1. The topological polar surface area (TPSA) is 58.6 Å². The number of hydrogen-bond acceptors (Lipinski definition) is 3. The zero-order valence-electron chi connectivity index (χ0n) is 10.9. The third-order valence-corrected chi connectivity index (χ3v) is 2.73. The van der Waals surface area contributed by atoms with E-state index in [1.54, 1.807) is 0 Å². The smallest absolute Gasteiger partial charge is 0.490 e. The van der Waals surface area contributed by atoms with Crippen molar-refractivity contribution in [2.75, 3.05) is 6.61 Å². The molecule has 1 heterocycles. The third kappa shape index (κ3) is 5.08. The lowest BCUT2D eigenvalue weighted by molar-refractivity contribution is -0.192. The molecular formula is C13H16F3NO3. The normalized spacial score (nSPS) is 17.9. The molecule has 2 rings (SSSR count). The lowest BCUT2D eigenvalue weighted by Crippen LogP contribution is -2.31. The monoisotopic (exact) mass is 291 g/mol. The molecule has 0 amide bonds. The SMILES string of the molecule is CCC1COc2ccccc2CN1.O=C(O)C(F)(F)F. The molecule has 4 nitrogen and oxygen atoms in total. The van der Waals surface area contributed by atoms with Gasteiger partial charge in [-0.05, 0) is 12.5 Å². The highest BCUT2D eigenvalue weighted by molar-refractivity contribution is 5.73. The van der Waals surface area contributed by atoms with Crippen LogP contribution in [0.4, 0.5) is 13.2 Å². The Morgan fingerprint density at radius 1 is 1.45 bits per heavy atom. The van der Waals surface area contributed by atoms with Gasteiger partial charge in [0, 0.05) is 18.2 Å². The van der Waals surface area contributed by atoms with Gasteiger partial charge in [-0.3, -0.25) is 0 Å². The molecule has 0 spiro atoms. The van der Waals surface area contributed by atoms with Crippen LogP contribution in [-0.2, 0) is 11.3 Å². The number of nitrogens with one attached hydrogen (secondary N) is 1. The van der Waals surface area contributed by atoms with E-state index in [1.165, 1.54) is 5.56 Å². The summed E-state index contributed by atoms with van der Waals surface area (Å²) >= 11 is 0. The number of carbonyl (C=O) groups is 1. The summed E-state index contributed by atoms with van der Waals surface area (Å²) in [5.74, 6) is -1.72. The minimum absolute atomic E-state index is 0.493. The predicted molar refractivity (Wildman–Crippen MR) is 66.5 cm³/mol. The number of rotatable bonds is 1. The van der Waals surface area contributed by atoms with Crippen molar-refractivity contribution in [3.63, 3.8) is 0 Å². The van der Waals surface area contributed by atoms with Gasteiger partial charge in [0.05, 0.1) is 0 Å². The molecule has 112 valence electrons. The molecule has 1 aromatic rings. The Labute approximate surface area is 114 Å². The first-order valence-electron chi connectivity index (χ1n) is 6.08. The number of ether oxygens (including phenoxy) is 1. The quantitative estimate of drug-likeness (QED) is 0.835. The number of carboxylic acid groups (broad SMARTS) is 1. The number of benzene rings is 1. The summed E-state index contributed by atoms with van der Waals surface area (Å²) in [6, 6.07) is 8.71. The summed E-state index contributed by atoms with van der Waals surface area (Å²) in [6.07, 6.45) is -3.96. The molecule has 0 bridgehead atoms. The lowest BCUT2D eigenvalue weighted by Gasteiger charge is -2.11. The van der Waals surface area contributed by atoms with Crippen molar-refractivity contribution in [1.29, 1.82) is 0 Å². The van der Waals surface area contributed by atoms with Crippen LogP contribution in [0, 0.1) is 0 Å². The maximum atomic E-state index is 10.6. The zero-order valence-corrected chi connectivity index (χ0v) is 10.9. The standard InChI is InChI=1S/C11H15NO.C2HF3O2/c1-2-10-8-13-11-6-4-3-5-9(11)7-12-10;3-2(4,5)1(6)7/h3-6,10,12H,2,7-8H2,1H3;(H,6,7). The highest BCUT2D eigenvalue weighted by Gasteiger charge is 2.38. The van der Waals surface area contributed by atoms with Crippen molar-refractivity contribution in [3.05, 3.63) is 29.8 Å². The van der Waals surface area contributed by atoms with E-state index in [0.29, 0.717) is 6.04 Å². The van der Waals surface area contributed by atoms with Gasteiger partial charge >= 0.3 is 12.1 Å². The van der Waals surface area contributed by atoms with E-state index in [1.807, 2.05) is 12.1 Å². The van der Waals surface area contributed by atoms with Gasteiger partial charge in [-0.15, -0.1) is 0 Å². The van der Waals surface area contributed by atoms with Gasteiger partial charge in [0.1, 0.15) is 12.4 Å². The fourth-order valence-corrected chi connectivity index (χ4v) is 1.56. The fraction of sp³-hybridized carbons (Fsp3) is 0.462. The molecule has 1 atom stereocenters. The lowest BCUT2D eigenvalue weighted by atomic mass is 10.2. The Morgan fingerprint density at radius 2 is 2.05 bits per heavy atom. The molecule has 0 saturated heterocycles. The van der Waals surface area contributed by atoms with Gasteiger partial charge in [0.25, 0.3) is 0 Å². The number of aliphatic carboxylic acids is 1. The molecule has 0 aliphatic carbocycles. The van der Waals surface area contributed by atoms with Crippen molar-refractivity contribution in [2.45, 2.75) is 32.1 Å². The van der Waals surface area contributed by atoms with Crippen molar-refractivity contribution in [3.8, 4) is 5.75 Å². The van der Waals surface area contributed by atoms with E-state index in [2.05, 4.69) is 24.4 Å². The summed E-state index contributed by atoms with van der Waals surface area (Å²) < 4.78 is 37.4. The van der Waals surface area contributed by atoms with Gasteiger partial charge in [-0.25, -0.2) is 4.79 Å². The average Bonchev–Trinajstić information content (AvgIpc) is 2.60. The van der Waals surface area contributed by atoms with Crippen LogP contribution >= 0.6 is 0 Å². The van der Waals surface area contributed by atoms with Crippen molar-refractivity contribution >= 4 is 5.97 Å². The molecule has 0 radical (unpaired) electrons. The van der Waals surface area contributed by atoms with Gasteiger partial charge in [0.2, 0.25) is 0 Å². The molecule has 2 N–H and O–H groups in total. The van der Waals surface area contributed by atoms with E-state index in [0.717, 1.165) is 25.3 Å². The van der Waals surface area contributed by atoms with Crippen LogP contribution in [0.5, 0.6) is 5.75 Å². The summed E-state index contributed by atoms with van der Waals surface area (Å²) in [6.45, 7) is 3.89. The Hall–Kier alpha value is -1.76.